The quantitative estimate of drug-likeness (QED) is 0.361. The first-order chi connectivity index (χ1) is 14.1. The third-order valence-electron chi connectivity index (χ3n) is 4.70. The SMILES string of the molecule is CCc1ccc(CC(=O)N(Cc2ccccn2)c2nc3ccc(Br)cc3s2)cc1. The Morgan fingerprint density at radius 2 is 1.86 bits per heavy atom. The van der Waals surface area contributed by atoms with Gasteiger partial charge in [-0.15, -0.1) is 0 Å². The summed E-state index contributed by atoms with van der Waals surface area (Å²) in [6.07, 6.45) is 3.06. The van der Waals surface area contributed by atoms with Crippen LogP contribution >= 0.6 is 27.3 Å². The van der Waals surface area contributed by atoms with E-state index >= 15 is 0 Å². The topological polar surface area (TPSA) is 46.1 Å². The zero-order valence-electron chi connectivity index (χ0n) is 16.0. The number of nitrogens with zero attached hydrogens (tertiary/aromatic N) is 3. The van der Waals surface area contributed by atoms with Crippen molar-refractivity contribution in [3.63, 3.8) is 0 Å². The fourth-order valence-corrected chi connectivity index (χ4v) is 4.61. The summed E-state index contributed by atoms with van der Waals surface area (Å²) >= 11 is 5.03. The lowest BCUT2D eigenvalue weighted by molar-refractivity contribution is -0.118. The van der Waals surface area contributed by atoms with Crippen molar-refractivity contribution in [3.05, 3.63) is 88.2 Å². The molecule has 29 heavy (non-hydrogen) atoms. The minimum Gasteiger partial charge on any atom is -0.282 e. The zero-order valence-corrected chi connectivity index (χ0v) is 18.4. The molecule has 0 radical (unpaired) electrons. The molecule has 0 fully saturated rings. The van der Waals surface area contributed by atoms with Crippen LogP contribution in [0.15, 0.2) is 71.3 Å². The number of fused-ring (bicyclic) bond motifs is 1. The molecule has 6 heteroatoms. The van der Waals surface area contributed by atoms with Gasteiger partial charge in [0.2, 0.25) is 5.91 Å². The van der Waals surface area contributed by atoms with E-state index in [1.807, 2.05) is 48.5 Å². The minimum atomic E-state index is 0.0121. The number of aryl methyl sites for hydroxylation is 1. The predicted octanol–water partition coefficient (Wildman–Crippen LogP) is 5.79. The van der Waals surface area contributed by atoms with Crippen LogP contribution in [0.3, 0.4) is 0 Å². The Balaban J connectivity index is 1.65. The maximum atomic E-state index is 13.3. The number of hydrogen-bond donors (Lipinski definition) is 0. The molecule has 4 aromatic rings. The molecule has 4 rings (SSSR count). The van der Waals surface area contributed by atoms with Crippen LogP contribution in [0.25, 0.3) is 10.2 Å². The van der Waals surface area contributed by atoms with Gasteiger partial charge < -0.3 is 0 Å². The van der Waals surface area contributed by atoms with E-state index in [1.165, 1.54) is 16.9 Å². The van der Waals surface area contributed by atoms with Gasteiger partial charge in [0.05, 0.1) is 28.9 Å². The van der Waals surface area contributed by atoms with E-state index in [1.54, 1.807) is 11.1 Å². The highest BCUT2D eigenvalue weighted by molar-refractivity contribution is 9.10. The van der Waals surface area contributed by atoms with Gasteiger partial charge in [-0.25, -0.2) is 4.98 Å². The summed E-state index contributed by atoms with van der Waals surface area (Å²) in [6.45, 7) is 2.52. The van der Waals surface area contributed by atoms with Crippen LogP contribution in [-0.4, -0.2) is 15.9 Å². The van der Waals surface area contributed by atoms with Gasteiger partial charge in [-0.05, 0) is 47.9 Å². The summed E-state index contributed by atoms with van der Waals surface area (Å²) in [5, 5.41) is 0.693. The van der Waals surface area contributed by atoms with E-state index in [0.717, 1.165) is 32.4 Å². The highest BCUT2D eigenvalue weighted by Gasteiger charge is 2.21. The average molecular weight is 466 g/mol. The normalized spacial score (nSPS) is 11.0. The molecule has 0 saturated carbocycles. The van der Waals surface area contributed by atoms with Crippen molar-refractivity contribution < 1.29 is 4.79 Å². The van der Waals surface area contributed by atoms with E-state index in [9.17, 15) is 4.79 Å². The summed E-state index contributed by atoms with van der Waals surface area (Å²) < 4.78 is 2.04. The van der Waals surface area contributed by atoms with Gasteiger partial charge in [0.15, 0.2) is 5.13 Å². The number of carbonyl (C=O) groups excluding carboxylic acids is 1. The van der Waals surface area contributed by atoms with Crippen LogP contribution in [-0.2, 0) is 24.2 Å². The maximum absolute atomic E-state index is 13.3. The lowest BCUT2D eigenvalue weighted by atomic mass is 10.1. The van der Waals surface area contributed by atoms with Crippen molar-refractivity contribution in [2.75, 3.05) is 4.90 Å². The van der Waals surface area contributed by atoms with Crippen molar-refractivity contribution in [1.29, 1.82) is 0 Å². The van der Waals surface area contributed by atoms with E-state index < -0.39 is 0 Å². The minimum absolute atomic E-state index is 0.0121. The van der Waals surface area contributed by atoms with E-state index in [0.29, 0.717) is 18.1 Å². The van der Waals surface area contributed by atoms with Crippen molar-refractivity contribution >= 4 is 48.5 Å². The molecule has 1 amide bonds. The number of amides is 1. The van der Waals surface area contributed by atoms with E-state index in [2.05, 4.69) is 40.0 Å². The van der Waals surface area contributed by atoms with Crippen LogP contribution in [0.4, 0.5) is 5.13 Å². The lowest BCUT2D eigenvalue weighted by Crippen LogP contribution is -2.32. The second-order valence-corrected chi connectivity index (χ2v) is 8.68. The van der Waals surface area contributed by atoms with Gasteiger partial charge >= 0.3 is 0 Å². The van der Waals surface area contributed by atoms with Gasteiger partial charge in [-0.2, -0.15) is 0 Å². The molecular weight excluding hydrogens is 446 g/mol. The number of aromatic nitrogens is 2. The van der Waals surface area contributed by atoms with Gasteiger partial charge in [0.25, 0.3) is 0 Å². The third kappa shape index (κ3) is 4.71. The molecular formula is C23H20BrN3OS. The smallest absolute Gasteiger partial charge is 0.233 e. The lowest BCUT2D eigenvalue weighted by Gasteiger charge is -2.19. The molecule has 0 unspecified atom stereocenters. The first-order valence-electron chi connectivity index (χ1n) is 9.46. The van der Waals surface area contributed by atoms with Crippen molar-refractivity contribution in [2.45, 2.75) is 26.3 Å². The summed E-state index contributed by atoms with van der Waals surface area (Å²) in [5.74, 6) is 0.0121. The number of pyridine rings is 1. The molecule has 0 saturated heterocycles. The summed E-state index contributed by atoms with van der Waals surface area (Å²) in [5.41, 5.74) is 3.99. The third-order valence-corrected chi connectivity index (χ3v) is 6.24. The molecule has 146 valence electrons. The summed E-state index contributed by atoms with van der Waals surface area (Å²) in [4.78, 5) is 24.1. The first-order valence-corrected chi connectivity index (χ1v) is 11.1. The molecule has 4 nitrogen and oxygen atoms in total. The molecule has 0 bridgehead atoms. The summed E-state index contributed by atoms with van der Waals surface area (Å²) in [7, 11) is 0. The summed E-state index contributed by atoms with van der Waals surface area (Å²) in [6, 6.07) is 19.9. The second-order valence-electron chi connectivity index (χ2n) is 6.76. The highest BCUT2D eigenvalue weighted by atomic mass is 79.9. The Labute approximate surface area is 182 Å². The second kappa shape index (κ2) is 8.84. The number of rotatable bonds is 6. The average Bonchev–Trinajstić information content (AvgIpc) is 3.16. The molecule has 2 aromatic carbocycles. The van der Waals surface area contributed by atoms with Crippen molar-refractivity contribution in [3.8, 4) is 0 Å². The van der Waals surface area contributed by atoms with E-state index in [4.69, 9.17) is 4.98 Å². The number of halogens is 1. The zero-order chi connectivity index (χ0) is 20.2. The Bertz CT molecular complexity index is 1130. The van der Waals surface area contributed by atoms with E-state index in [-0.39, 0.29) is 5.91 Å². The van der Waals surface area contributed by atoms with Crippen LogP contribution < -0.4 is 4.90 Å². The van der Waals surface area contributed by atoms with Crippen molar-refractivity contribution in [1.82, 2.24) is 9.97 Å². The van der Waals surface area contributed by atoms with Gasteiger partial charge in [-0.3, -0.25) is 14.7 Å². The molecule has 2 heterocycles. The Kier molecular flexibility index (Phi) is 6.02. The Morgan fingerprint density at radius 3 is 2.59 bits per heavy atom. The van der Waals surface area contributed by atoms with Gasteiger partial charge in [-0.1, -0.05) is 64.5 Å². The molecule has 0 spiro atoms. The first kappa shape index (κ1) is 19.7. The standard InChI is InChI=1S/C23H20BrN3OS/c1-2-16-6-8-17(9-7-16)13-22(28)27(15-19-5-3-4-12-25-19)23-26-20-11-10-18(24)14-21(20)29-23/h3-12,14H,2,13,15H2,1H3. The number of benzene rings is 2. The molecule has 2 aromatic heterocycles. The number of anilines is 1. The fourth-order valence-electron chi connectivity index (χ4n) is 3.08. The van der Waals surface area contributed by atoms with Gasteiger partial charge in [0.1, 0.15) is 0 Å². The van der Waals surface area contributed by atoms with Crippen molar-refractivity contribution in [2.24, 2.45) is 0 Å². The van der Waals surface area contributed by atoms with Crippen LogP contribution in [0.1, 0.15) is 23.7 Å². The molecule has 0 atom stereocenters. The maximum Gasteiger partial charge on any atom is 0.233 e. The molecule has 0 N–H and O–H groups in total. The number of carbonyl (C=O) groups is 1. The molecule has 0 aliphatic rings. The Morgan fingerprint density at radius 1 is 1.07 bits per heavy atom. The van der Waals surface area contributed by atoms with Crippen LogP contribution in [0.5, 0.6) is 0 Å². The van der Waals surface area contributed by atoms with Crippen LogP contribution in [0, 0.1) is 0 Å². The predicted molar refractivity (Wildman–Crippen MR) is 122 cm³/mol. The van der Waals surface area contributed by atoms with Crippen LogP contribution in [0.2, 0.25) is 0 Å². The Hall–Kier alpha value is -2.57. The van der Waals surface area contributed by atoms with Gasteiger partial charge in [0, 0.05) is 10.7 Å². The highest BCUT2D eigenvalue weighted by Crippen LogP contribution is 2.32. The largest absolute Gasteiger partial charge is 0.282 e. The number of thiazole rings is 1. The molecule has 0 aliphatic carbocycles. The number of hydrogen-bond acceptors (Lipinski definition) is 4. The molecule has 0 aliphatic heterocycles. The fraction of sp³-hybridized carbons (Fsp3) is 0.174. The monoisotopic (exact) mass is 465 g/mol.